The van der Waals surface area contributed by atoms with Gasteiger partial charge < -0.3 is 4.42 Å². The molecule has 1 aliphatic carbocycles. The molecule has 33 heavy (non-hydrogen) atoms. The Hall–Kier alpha value is -3.13. The Labute approximate surface area is 205 Å². The maximum absolute atomic E-state index is 9.11. The van der Waals surface area contributed by atoms with E-state index in [0.29, 0.717) is 27.6 Å². The van der Waals surface area contributed by atoms with E-state index in [0.717, 1.165) is 53.1 Å². The van der Waals surface area contributed by atoms with Gasteiger partial charge in [0.2, 0.25) is 5.58 Å². The summed E-state index contributed by atoms with van der Waals surface area (Å²) >= 11 is 0. The fourth-order valence-corrected chi connectivity index (χ4v) is 5.49. The number of benzene rings is 3. The molecule has 0 saturated heterocycles. The van der Waals surface area contributed by atoms with Crippen molar-refractivity contribution in [2.24, 2.45) is 7.05 Å². The van der Waals surface area contributed by atoms with Crippen molar-refractivity contribution in [3.05, 3.63) is 77.0 Å². The third-order valence-electron chi connectivity index (χ3n) is 7.15. The highest BCUT2D eigenvalue weighted by atomic mass is 16.3. The predicted molar refractivity (Wildman–Crippen MR) is 138 cm³/mol. The van der Waals surface area contributed by atoms with Crippen molar-refractivity contribution < 1.29 is 18.6 Å². The van der Waals surface area contributed by atoms with E-state index in [1.807, 2.05) is 31.2 Å². The number of aryl methyl sites for hydroxylation is 4. The molecule has 3 aromatic carbocycles. The van der Waals surface area contributed by atoms with Crippen LogP contribution in [0.25, 0.3) is 44.0 Å². The maximum Gasteiger partial charge on any atom is 0.256 e. The van der Waals surface area contributed by atoms with Crippen molar-refractivity contribution in [2.75, 3.05) is 0 Å². The number of hydrogen-bond donors (Lipinski definition) is 0. The number of nitrogens with zero attached hydrogens (tertiary/aromatic N) is 1. The molecule has 6 rings (SSSR count). The number of hydrogen-bond acceptors (Lipinski definition) is 1. The van der Waals surface area contributed by atoms with Gasteiger partial charge in [-0.1, -0.05) is 55.2 Å². The minimum atomic E-state index is -2.38. The molecule has 0 bridgehead atoms. The lowest BCUT2D eigenvalue weighted by Crippen LogP contribution is -2.31. The molecule has 2 heterocycles. The average molecular weight is 442 g/mol. The van der Waals surface area contributed by atoms with Crippen LogP contribution in [0.1, 0.15) is 69.8 Å². The molecule has 0 N–H and O–H groups in total. The third-order valence-corrected chi connectivity index (χ3v) is 7.15. The quantitative estimate of drug-likeness (QED) is 0.252. The third kappa shape index (κ3) is 3.35. The van der Waals surface area contributed by atoms with Crippen LogP contribution in [0.4, 0.5) is 0 Å². The molecule has 1 fully saturated rings. The van der Waals surface area contributed by atoms with Gasteiger partial charge in [0.05, 0.1) is 5.56 Å². The van der Waals surface area contributed by atoms with Crippen LogP contribution in [-0.2, 0) is 7.05 Å². The molecule has 2 aromatic heterocycles. The summed E-state index contributed by atoms with van der Waals surface area (Å²) < 4.78 is 65.7. The summed E-state index contributed by atoms with van der Waals surface area (Å²) in [6.45, 7) is -2.75. The lowest BCUT2D eigenvalue weighted by Gasteiger charge is -2.22. The Morgan fingerprint density at radius 2 is 1.82 bits per heavy atom. The Balaban J connectivity index is 1.64. The van der Waals surface area contributed by atoms with Crippen molar-refractivity contribution in [2.45, 2.75) is 58.6 Å². The number of pyridine rings is 1. The smallest absolute Gasteiger partial charge is 0.256 e. The first-order valence-electron chi connectivity index (χ1n) is 15.2. The van der Waals surface area contributed by atoms with Gasteiger partial charge in [-0.15, -0.1) is 0 Å². The Morgan fingerprint density at radius 1 is 0.939 bits per heavy atom. The molecule has 1 saturated carbocycles. The number of rotatable bonds is 2. The second kappa shape index (κ2) is 7.73. The Morgan fingerprint density at radius 3 is 2.61 bits per heavy atom. The summed E-state index contributed by atoms with van der Waals surface area (Å²) in [5.74, 6) is -0.594. The van der Waals surface area contributed by atoms with E-state index >= 15 is 0 Å². The van der Waals surface area contributed by atoms with Crippen LogP contribution >= 0.6 is 0 Å². The largest absolute Gasteiger partial charge is 0.449 e. The molecule has 2 nitrogen and oxygen atoms in total. The summed E-state index contributed by atoms with van der Waals surface area (Å²) in [5.41, 5.74) is 4.71. The SMILES string of the molecule is [2H]C([2H])([2H])c1ccc(-c2c3oc4cc5ccc(C6([2H])CCCCC6)cc5cc4c3c(C([2H])([2H])[2H])c[n+]2C)c(C)c1. The van der Waals surface area contributed by atoms with Gasteiger partial charge in [0, 0.05) is 25.9 Å². The first-order chi connectivity index (χ1) is 18.8. The van der Waals surface area contributed by atoms with Gasteiger partial charge in [0.15, 0.2) is 6.20 Å². The highest BCUT2D eigenvalue weighted by molar-refractivity contribution is 6.13. The summed E-state index contributed by atoms with van der Waals surface area (Å²) in [6.07, 6.45) is 6.61. The molecular formula is C31H32NO+. The number of furan rings is 1. The van der Waals surface area contributed by atoms with Crippen molar-refractivity contribution in [1.29, 1.82) is 0 Å². The minimum Gasteiger partial charge on any atom is -0.449 e. The Bertz CT molecular complexity index is 1790. The molecule has 0 atom stereocenters. The molecule has 0 amide bonds. The first-order valence-corrected chi connectivity index (χ1v) is 11.7. The molecule has 166 valence electrons. The van der Waals surface area contributed by atoms with Gasteiger partial charge in [0.1, 0.15) is 12.6 Å². The van der Waals surface area contributed by atoms with Crippen molar-refractivity contribution >= 4 is 32.7 Å². The molecule has 5 aromatic rings. The normalized spacial score (nSPS) is 20.0. The zero-order valence-corrected chi connectivity index (χ0v) is 19.1. The van der Waals surface area contributed by atoms with Gasteiger partial charge >= 0.3 is 0 Å². The molecule has 0 aliphatic heterocycles. The van der Waals surface area contributed by atoms with Crippen LogP contribution in [0, 0.1) is 20.6 Å². The monoisotopic (exact) mass is 441 g/mol. The zero-order valence-electron chi connectivity index (χ0n) is 26.1. The fourth-order valence-electron chi connectivity index (χ4n) is 5.49. The second-order valence-electron chi connectivity index (χ2n) is 9.41. The van der Waals surface area contributed by atoms with Gasteiger partial charge in [-0.25, -0.2) is 0 Å². The molecule has 0 unspecified atom stereocenters. The minimum absolute atomic E-state index is 0.198. The van der Waals surface area contributed by atoms with E-state index in [2.05, 4.69) is 6.07 Å². The van der Waals surface area contributed by atoms with Gasteiger partial charge in [-0.05, 0) is 79.5 Å². The Kier molecular flexibility index (Phi) is 3.33. The van der Waals surface area contributed by atoms with E-state index in [-0.39, 0.29) is 11.1 Å². The summed E-state index contributed by atoms with van der Waals surface area (Å²) in [7, 11) is 1.79. The maximum atomic E-state index is 9.11. The van der Waals surface area contributed by atoms with E-state index in [4.69, 9.17) is 14.0 Å². The summed E-state index contributed by atoms with van der Waals surface area (Å²) in [5, 5.41) is 3.17. The number of aromatic nitrogens is 1. The second-order valence-corrected chi connectivity index (χ2v) is 9.41. The van der Waals surface area contributed by atoms with E-state index in [1.54, 1.807) is 36.0 Å². The van der Waals surface area contributed by atoms with Crippen LogP contribution < -0.4 is 4.57 Å². The molecule has 0 spiro atoms. The van der Waals surface area contributed by atoms with Crippen LogP contribution in [-0.4, -0.2) is 0 Å². The lowest BCUT2D eigenvalue weighted by atomic mass is 9.83. The standard InChI is InChI=1S/C31H32NO/c1-19-10-13-26(20(2)14-19)30-31-29(21(3)18-32(30)4)27-16-25-15-23(22-8-6-5-7-9-22)11-12-24(25)17-28(27)33-31/h10-18,22H,5-9H2,1-4H3/q+1/i1D3,3D3,22D. The highest BCUT2D eigenvalue weighted by Crippen LogP contribution is 2.40. The lowest BCUT2D eigenvalue weighted by molar-refractivity contribution is -0.659. The molecule has 0 radical (unpaired) electrons. The van der Waals surface area contributed by atoms with E-state index in [9.17, 15) is 0 Å². The van der Waals surface area contributed by atoms with Crippen molar-refractivity contribution in [3.8, 4) is 11.3 Å². The summed E-state index contributed by atoms with van der Waals surface area (Å²) in [4.78, 5) is 0. The van der Waals surface area contributed by atoms with E-state index in [1.165, 1.54) is 6.42 Å². The predicted octanol–water partition coefficient (Wildman–Crippen LogP) is 8.20. The fraction of sp³-hybridized carbons (Fsp3) is 0.323. The van der Waals surface area contributed by atoms with E-state index < -0.39 is 19.6 Å². The highest BCUT2D eigenvalue weighted by Gasteiger charge is 2.25. The van der Waals surface area contributed by atoms with Crippen LogP contribution in [0.3, 0.4) is 0 Å². The van der Waals surface area contributed by atoms with Gasteiger partial charge in [0.25, 0.3) is 5.69 Å². The molecular weight excluding hydrogens is 402 g/mol. The van der Waals surface area contributed by atoms with Crippen LogP contribution in [0.15, 0.2) is 59.1 Å². The average Bonchev–Trinajstić information content (AvgIpc) is 3.24. The molecule has 2 heteroatoms. The first kappa shape index (κ1) is 14.2. The van der Waals surface area contributed by atoms with Crippen LogP contribution in [0.2, 0.25) is 0 Å². The van der Waals surface area contributed by atoms with Gasteiger partial charge in [-0.2, -0.15) is 4.57 Å². The van der Waals surface area contributed by atoms with Gasteiger partial charge in [-0.3, -0.25) is 0 Å². The topological polar surface area (TPSA) is 17.0 Å². The summed E-state index contributed by atoms with van der Waals surface area (Å²) in [6, 6.07) is 15.1. The van der Waals surface area contributed by atoms with Crippen molar-refractivity contribution in [3.63, 3.8) is 0 Å². The van der Waals surface area contributed by atoms with Crippen molar-refractivity contribution in [1.82, 2.24) is 0 Å². The molecule has 1 aliphatic rings. The van der Waals surface area contributed by atoms with Crippen LogP contribution in [0.5, 0.6) is 0 Å². The number of fused-ring (bicyclic) bond motifs is 4. The zero-order chi connectivity index (χ0) is 28.6.